The number of hydrogen-bond acceptors (Lipinski definition) is 7. The fourth-order valence-electron chi connectivity index (χ4n) is 4.32. The predicted molar refractivity (Wildman–Crippen MR) is 235 cm³/mol. The van der Waals surface area contributed by atoms with Crippen LogP contribution in [0.5, 0.6) is 11.5 Å². The standard InChI is InChI=1S/C25H23NO4.C8H12.C3H8O.C3H6.2C2H6O.2C2H6/c27-24-22-12-7-19(18-5-2-1-3-6-18)15-23(22)30-17-26(24)20-8-10-21(11-9-20)29-16-25(28)13-4-14-25;1-4-6-8(3)7-5-2;1-3(2)4;3*1-3-2;2*1-2/h1-3,5-12,15,28H,4,13-14,16-17H2;4-5,7H,1,3,6H2,2H3;3-4H,1-2H3;3H,1H2,2H3;2*1-2H3;2*1-2H3/b;7-5-;;;;;;. The van der Waals surface area contributed by atoms with Gasteiger partial charge in [-0.15, -0.1) is 13.2 Å². The minimum atomic E-state index is -0.683. The number of benzene rings is 3. The van der Waals surface area contributed by atoms with Gasteiger partial charge in [0.2, 0.25) is 0 Å². The summed E-state index contributed by atoms with van der Waals surface area (Å²) in [6.45, 7) is 26.5. The zero-order chi connectivity index (χ0) is 42.7. The molecular formula is C47H73NO7. The van der Waals surface area contributed by atoms with Gasteiger partial charge in [0, 0.05) is 40.2 Å². The lowest BCUT2D eigenvalue weighted by Crippen LogP contribution is -2.42. The van der Waals surface area contributed by atoms with E-state index in [1.165, 1.54) is 0 Å². The van der Waals surface area contributed by atoms with Gasteiger partial charge in [0.15, 0.2) is 6.73 Å². The van der Waals surface area contributed by atoms with E-state index in [-0.39, 0.29) is 18.7 Å². The number of rotatable bonds is 8. The van der Waals surface area contributed by atoms with E-state index in [9.17, 15) is 9.90 Å². The summed E-state index contributed by atoms with van der Waals surface area (Å²) in [5, 5.41) is 18.2. The third-order valence-electron chi connectivity index (χ3n) is 6.66. The van der Waals surface area contributed by atoms with E-state index < -0.39 is 5.60 Å². The number of nitrogens with zero attached hydrogens (tertiary/aromatic N) is 1. The van der Waals surface area contributed by atoms with Crippen LogP contribution in [-0.4, -0.2) is 69.6 Å². The summed E-state index contributed by atoms with van der Waals surface area (Å²) in [5.74, 6) is 1.19. The second-order valence-electron chi connectivity index (χ2n) is 11.9. The quantitative estimate of drug-likeness (QED) is 0.174. The van der Waals surface area contributed by atoms with Crippen molar-refractivity contribution in [3.63, 3.8) is 0 Å². The van der Waals surface area contributed by atoms with Gasteiger partial charge in [0.05, 0.1) is 11.2 Å². The van der Waals surface area contributed by atoms with Crippen LogP contribution in [0.2, 0.25) is 0 Å². The Hall–Kier alpha value is -4.47. The Labute approximate surface area is 334 Å². The molecule has 0 atom stereocenters. The van der Waals surface area contributed by atoms with Crippen molar-refractivity contribution < 1.29 is 34.0 Å². The first-order valence-electron chi connectivity index (χ1n) is 19.0. The third kappa shape index (κ3) is 24.5. The molecule has 1 aliphatic heterocycles. The first-order chi connectivity index (χ1) is 26.4. The number of allylic oxidation sites excluding steroid dienone is 5. The summed E-state index contributed by atoms with van der Waals surface area (Å²) >= 11 is 0. The minimum Gasteiger partial charge on any atom is -0.491 e. The van der Waals surface area contributed by atoms with E-state index in [1.54, 1.807) is 53.3 Å². The number of amides is 1. The van der Waals surface area contributed by atoms with Gasteiger partial charge >= 0.3 is 0 Å². The van der Waals surface area contributed by atoms with Crippen LogP contribution in [-0.2, 0) is 9.47 Å². The lowest BCUT2D eigenvalue weighted by Gasteiger charge is -2.36. The number of anilines is 1. The summed E-state index contributed by atoms with van der Waals surface area (Å²) < 4.78 is 20.1. The third-order valence-corrected chi connectivity index (χ3v) is 6.66. The molecule has 5 rings (SSSR count). The number of fused-ring (bicyclic) bond motifs is 1. The zero-order valence-corrected chi connectivity index (χ0v) is 36.1. The molecule has 0 radical (unpaired) electrons. The Balaban J connectivity index is -0.000000895. The molecule has 55 heavy (non-hydrogen) atoms. The topological polar surface area (TPSA) is 97.7 Å². The van der Waals surface area contributed by atoms with Crippen molar-refractivity contribution in [3.05, 3.63) is 128 Å². The summed E-state index contributed by atoms with van der Waals surface area (Å²) in [6.07, 6.45) is 10.9. The Morgan fingerprint density at radius 3 is 1.84 bits per heavy atom. The lowest BCUT2D eigenvalue weighted by molar-refractivity contribution is -0.0663. The molecule has 8 heteroatoms. The largest absolute Gasteiger partial charge is 0.491 e. The maximum Gasteiger partial charge on any atom is 0.264 e. The Kier molecular flexibility index (Phi) is 35.2. The van der Waals surface area contributed by atoms with E-state index in [1.807, 2.05) is 133 Å². The highest BCUT2D eigenvalue weighted by atomic mass is 16.5. The van der Waals surface area contributed by atoms with Crippen molar-refractivity contribution in [2.45, 2.75) is 92.8 Å². The summed E-state index contributed by atoms with van der Waals surface area (Å²) in [4.78, 5) is 14.6. The average molecular weight is 764 g/mol. The van der Waals surface area contributed by atoms with Crippen LogP contribution >= 0.6 is 0 Å². The molecule has 3 aromatic rings. The van der Waals surface area contributed by atoms with E-state index >= 15 is 0 Å². The van der Waals surface area contributed by atoms with Crippen LogP contribution in [0.4, 0.5) is 5.69 Å². The number of carbonyl (C=O) groups excluding carboxylic acids is 1. The highest BCUT2D eigenvalue weighted by molar-refractivity contribution is 6.09. The molecular weight excluding hydrogens is 691 g/mol. The zero-order valence-electron chi connectivity index (χ0n) is 36.1. The lowest BCUT2D eigenvalue weighted by atomic mass is 9.81. The summed E-state index contributed by atoms with van der Waals surface area (Å²) in [6, 6.07) is 23.0. The maximum absolute atomic E-state index is 13.0. The Morgan fingerprint density at radius 1 is 0.891 bits per heavy atom. The van der Waals surface area contributed by atoms with Crippen LogP contribution in [0.1, 0.15) is 91.4 Å². The second-order valence-corrected chi connectivity index (χ2v) is 11.9. The first kappa shape index (κ1) is 54.9. The summed E-state index contributed by atoms with van der Waals surface area (Å²) in [5.41, 5.74) is 3.83. The van der Waals surface area contributed by atoms with Gasteiger partial charge in [0.1, 0.15) is 18.1 Å². The molecule has 8 nitrogen and oxygen atoms in total. The van der Waals surface area contributed by atoms with Crippen molar-refractivity contribution in [2.75, 3.05) is 46.7 Å². The SMILES string of the molecule is C=CC.C=CCC(=C)/C=C\C.CC.CC.CC(C)O.COC.COC.O=C1c2ccc(-c3ccccc3)cc2OCN1c1ccc(OCC2(O)CCC2)cc1. The molecule has 0 bridgehead atoms. The van der Waals surface area contributed by atoms with Crippen molar-refractivity contribution in [1.29, 1.82) is 0 Å². The van der Waals surface area contributed by atoms with E-state index in [0.717, 1.165) is 48.1 Å². The molecule has 1 amide bonds. The molecule has 1 aliphatic carbocycles. The molecule has 2 aliphatic rings. The normalized spacial score (nSPS) is 12.4. The predicted octanol–water partition coefficient (Wildman–Crippen LogP) is 11.5. The van der Waals surface area contributed by atoms with Gasteiger partial charge in [-0.1, -0.05) is 101 Å². The molecule has 0 aromatic heterocycles. The molecule has 2 N–H and O–H groups in total. The van der Waals surface area contributed by atoms with Crippen molar-refractivity contribution in [3.8, 4) is 22.6 Å². The number of methoxy groups -OCH3 is 2. The van der Waals surface area contributed by atoms with Crippen molar-refractivity contribution in [2.24, 2.45) is 0 Å². The smallest absolute Gasteiger partial charge is 0.264 e. The van der Waals surface area contributed by atoms with Gasteiger partial charge in [-0.3, -0.25) is 9.69 Å². The summed E-state index contributed by atoms with van der Waals surface area (Å²) in [7, 11) is 6.50. The number of aliphatic hydroxyl groups is 2. The van der Waals surface area contributed by atoms with Crippen LogP contribution in [0.15, 0.2) is 122 Å². The number of hydrogen-bond donors (Lipinski definition) is 2. The molecule has 0 spiro atoms. The molecule has 0 unspecified atom stereocenters. The Bertz CT molecular complexity index is 1420. The van der Waals surface area contributed by atoms with Gasteiger partial charge in [-0.2, -0.15) is 0 Å². The molecule has 308 valence electrons. The number of carbonyl (C=O) groups is 1. The monoisotopic (exact) mass is 764 g/mol. The second kappa shape index (κ2) is 35.2. The van der Waals surface area contributed by atoms with E-state index in [2.05, 4.69) is 29.2 Å². The Morgan fingerprint density at radius 2 is 1.40 bits per heavy atom. The molecule has 1 saturated carbocycles. The maximum atomic E-state index is 13.0. The van der Waals surface area contributed by atoms with Crippen LogP contribution < -0.4 is 14.4 Å². The van der Waals surface area contributed by atoms with Crippen LogP contribution in [0.25, 0.3) is 11.1 Å². The highest BCUT2D eigenvalue weighted by Gasteiger charge is 2.35. The van der Waals surface area contributed by atoms with Crippen molar-refractivity contribution in [1.82, 2.24) is 0 Å². The fraction of sp³-hybridized carbons (Fsp3) is 0.426. The molecule has 3 aromatic carbocycles. The number of aliphatic hydroxyl groups excluding tert-OH is 1. The average Bonchev–Trinajstić information content (AvgIpc) is 3.17. The van der Waals surface area contributed by atoms with Gasteiger partial charge in [-0.05, 0) is 101 Å². The van der Waals surface area contributed by atoms with Gasteiger partial charge < -0.3 is 29.2 Å². The van der Waals surface area contributed by atoms with Crippen LogP contribution in [0, 0.1) is 0 Å². The van der Waals surface area contributed by atoms with Crippen molar-refractivity contribution >= 4 is 11.6 Å². The van der Waals surface area contributed by atoms with Crippen LogP contribution in [0.3, 0.4) is 0 Å². The number of ether oxygens (including phenoxy) is 4. The highest BCUT2D eigenvalue weighted by Crippen LogP contribution is 2.34. The first-order valence-corrected chi connectivity index (χ1v) is 19.0. The fourth-order valence-corrected chi connectivity index (χ4v) is 4.32. The molecule has 1 heterocycles. The van der Waals surface area contributed by atoms with E-state index in [0.29, 0.717) is 23.7 Å². The van der Waals surface area contributed by atoms with E-state index in [4.69, 9.17) is 14.6 Å². The van der Waals surface area contributed by atoms with Gasteiger partial charge in [-0.25, -0.2) is 0 Å². The minimum absolute atomic E-state index is 0.0895. The molecule has 1 fully saturated rings. The molecule has 0 saturated heterocycles. The van der Waals surface area contributed by atoms with Gasteiger partial charge in [0.25, 0.3) is 5.91 Å².